The van der Waals surface area contributed by atoms with Gasteiger partial charge in [-0.1, -0.05) is 23.7 Å². The molecule has 3 nitrogen and oxygen atoms in total. The van der Waals surface area contributed by atoms with E-state index in [0.717, 1.165) is 29.2 Å². The SMILES string of the molecule is Cc1cc(C(=O)O)ccc1NCCc1ccc(Cl)cc1. The van der Waals surface area contributed by atoms with Gasteiger partial charge in [0.05, 0.1) is 5.56 Å². The van der Waals surface area contributed by atoms with Gasteiger partial charge in [-0.05, 0) is 54.8 Å². The summed E-state index contributed by atoms with van der Waals surface area (Å²) in [5.41, 5.74) is 3.41. The molecule has 0 bridgehead atoms. The number of carboxylic acids is 1. The van der Waals surface area contributed by atoms with Crippen molar-refractivity contribution in [2.24, 2.45) is 0 Å². The van der Waals surface area contributed by atoms with Crippen LogP contribution < -0.4 is 5.32 Å². The first-order valence-electron chi connectivity index (χ1n) is 6.38. The van der Waals surface area contributed by atoms with Gasteiger partial charge in [0.15, 0.2) is 0 Å². The summed E-state index contributed by atoms with van der Waals surface area (Å²) < 4.78 is 0. The van der Waals surface area contributed by atoms with Crippen LogP contribution in [0.15, 0.2) is 42.5 Å². The van der Waals surface area contributed by atoms with Gasteiger partial charge in [0.1, 0.15) is 0 Å². The van der Waals surface area contributed by atoms with Gasteiger partial charge >= 0.3 is 5.97 Å². The number of halogens is 1. The molecule has 0 aromatic heterocycles. The molecular weight excluding hydrogens is 274 g/mol. The third-order valence-corrected chi connectivity index (χ3v) is 3.37. The Morgan fingerprint density at radius 1 is 1.20 bits per heavy atom. The van der Waals surface area contributed by atoms with E-state index in [-0.39, 0.29) is 0 Å². The highest BCUT2D eigenvalue weighted by atomic mass is 35.5. The van der Waals surface area contributed by atoms with Gasteiger partial charge < -0.3 is 10.4 Å². The van der Waals surface area contributed by atoms with Crippen molar-refractivity contribution in [1.29, 1.82) is 0 Å². The van der Waals surface area contributed by atoms with E-state index in [0.29, 0.717) is 5.56 Å². The van der Waals surface area contributed by atoms with Crippen molar-refractivity contribution >= 4 is 23.3 Å². The van der Waals surface area contributed by atoms with E-state index in [1.165, 1.54) is 5.56 Å². The van der Waals surface area contributed by atoms with E-state index in [1.807, 2.05) is 31.2 Å². The predicted molar refractivity (Wildman–Crippen MR) is 81.8 cm³/mol. The van der Waals surface area contributed by atoms with Gasteiger partial charge in [0, 0.05) is 17.3 Å². The molecule has 2 N–H and O–H groups in total. The molecule has 0 heterocycles. The van der Waals surface area contributed by atoms with Crippen LogP contribution in [0, 0.1) is 6.92 Å². The van der Waals surface area contributed by atoms with Crippen LogP contribution in [0.25, 0.3) is 0 Å². The maximum Gasteiger partial charge on any atom is 0.335 e. The zero-order chi connectivity index (χ0) is 14.5. The lowest BCUT2D eigenvalue weighted by atomic mass is 10.1. The summed E-state index contributed by atoms with van der Waals surface area (Å²) in [4.78, 5) is 10.9. The molecule has 2 rings (SSSR count). The number of carbonyl (C=O) groups is 1. The summed E-state index contributed by atoms with van der Waals surface area (Å²) in [6.45, 7) is 2.69. The minimum absolute atomic E-state index is 0.311. The maximum absolute atomic E-state index is 10.9. The second-order valence-corrected chi connectivity index (χ2v) is 5.07. The van der Waals surface area contributed by atoms with Gasteiger partial charge in [-0.25, -0.2) is 4.79 Å². The number of anilines is 1. The highest BCUT2D eigenvalue weighted by Gasteiger charge is 2.05. The minimum atomic E-state index is -0.902. The lowest BCUT2D eigenvalue weighted by Crippen LogP contribution is -2.07. The number of nitrogens with one attached hydrogen (secondary N) is 1. The molecule has 0 saturated carbocycles. The second-order valence-electron chi connectivity index (χ2n) is 4.64. The van der Waals surface area contributed by atoms with E-state index in [4.69, 9.17) is 16.7 Å². The molecule has 0 fully saturated rings. The van der Waals surface area contributed by atoms with E-state index in [1.54, 1.807) is 18.2 Å². The van der Waals surface area contributed by atoms with Crippen LogP contribution in [0.3, 0.4) is 0 Å². The monoisotopic (exact) mass is 289 g/mol. The van der Waals surface area contributed by atoms with Crippen LogP contribution in [0.2, 0.25) is 5.02 Å². The highest BCUT2D eigenvalue weighted by molar-refractivity contribution is 6.30. The lowest BCUT2D eigenvalue weighted by Gasteiger charge is -2.10. The standard InChI is InChI=1S/C16H16ClNO2/c1-11-10-13(16(19)20)4-7-15(11)18-9-8-12-2-5-14(17)6-3-12/h2-7,10,18H,8-9H2,1H3,(H,19,20). The Morgan fingerprint density at radius 3 is 2.50 bits per heavy atom. The Kier molecular flexibility index (Phi) is 4.64. The highest BCUT2D eigenvalue weighted by Crippen LogP contribution is 2.17. The molecule has 4 heteroatoms. The average Bonchev–Trinajstić information content (AvgIpc) is 2.42. The van der Waals surface area contributed by atoms with E-state index < -0.39 is 5.97 Å². The number of benzene rings is 2. The van der Waals surface area contributed by atoms with Crippen LogP contribution in [-0.4, -0.2) is 17.6 Å². The summed E-state index contributed by atoms with van der Waals surface area (Å²) in [7, 11) is 0. The first-order valence-corrected chi connectivity index (χ1v) is 6.76. The zero-order valence-electron chi connectivity index (χ0n) is 11.2. The molecule has 2 aromatic rings. The average molecular weight is 290 g/mol. The lowest BCUT2D eigenvalue weighted by molar-refractivity contribution is 0.0697. The van der Waals surface area contributed by atoms with Crippen molar-refractivity contribution in [2.45, 2.75) is 13.3 Å². The van der Waals surface area contributed by atoms with Crippen molar-refractivity contribution in [3.05, 3.63) is 64.2 Å². The van der Waals surface area contributed by atoms with Crippen molar-refractivity contribution in [1.82, 2.24) is 0 Å². The Hall–Kier alpha value is -2.00. The number of rotatable bonds is 5. The molecular formula is C16H16ClNO2. The normalized spacial score (nSPS) is 10.3. The van der Waals surface area contributed by atoms with Crippen molar-refractivity contribution in [3.63, 3.8) is 0 Å². The third kappa shape index (κ3) is 3.75. The number of carboxylic acid groups (broad SMARTS) is 1. The quantitative estimate of drug-likeness (QED) is 0.874. The van der Waals surface area contributed by atoms with Gasteiger partial charge in [-0.15, -0.1) is 0 Å². The number of hydrogen-bond acceptors (Lipinski definition) is 2. The molecule has 0 aliphatic heterocycles. The Labute approximate surface area is 123 Å². The maximum atomic E-state index is 10.9. The van der Waals surface area contributed by atoms with Gasteiger partial charge in [0.2, 0.25) is 0 Å². The summed E-state index contributed by atoms with van der Waals surface area (Å²) >= 11 is 5.84. The van der Waals surface area contributed by atoms with Crippen LogP contribution in [0.1, 0.15) is 21.5 Å². The fourth-order valence-corrected chi connectivity index (χ4v) is 2.11. The topological polar surface area (TPSA) is 49.3 Å². The fraction of sp³-hybridized carbons (Fsp3) is 0.188. The first kappa shape index (κ1) is 14.4. The molecule has 20 heavy (non-hydrogen) atoms. The number of hydrogen-bond donors (Lipinski definition) is 2. The van der Waals surface area contributed by atoms with Crippen molar-refractivity contribution in [2.75, 3.05) is 11.9 Å². The molecule has 0 aliphatic rings. The first-order chi connectivity index (χ1) is 9.56. The van der Waals surface area contributed by atoms with Crippen LogP contribution >= 0.6 is 11.6 Å². The van der Waals surface area contributed by atoms with Crippen LogP contribution in [0.5, 0.6) is 0 Å². The Morgan fingerprint density at radius 2 is 1.90 bits per heavy atom. The molecule has 0 radical (unpaired) electrons. The molecule has 0 amide bonds. The predicted octanol–water partition coefficient (Wildman–Crippen LogP) is 4.00. The minimum Gasteiger partial charge on any atom is -0.478 e. The van der Waals surface area contributed by atoms with Gasteiger partial charge in [-0.2, -0.15) is 0 Å². The Balaban J connectivity index is 1.94. The van der Waals surface area contributed by atoms with Crippen molar-refractivity contribution in [3.8, 4) is 0 Å². The molecule has 0 aliphatic carbocycles. The number of aromatic carboxylic acids is 1. The van der Waals surface area contributed by atoms with Gasteiger partial charge in [-0.3, -0.25) is 0 Å². The smallest absolute Gasteiger partial charge is 0.335 e. The van der Waals surface area contributed by atoms with Crippen molar-refractivity contribution < 1.29 is 9.90 Å². The fourth-order valence-electron chi connectivity index (χ4n) is 1.99. The Bertz CT molecular complexity index is 608. The van der Waals surface area contributed by atoms with Crippen LogP contribution in [-0.2, 0) is 6.42 Å². The largest absolute Gasteiger partial charge is 0.478 e. The summed E-state index contributed by atoms with van der Waals surface area (Å²) in [6.07, 6.45) is 0.886. The van der Waals surface area contributed by atoms with E-state index in [9.17, 15) is 4.79 Å². The van der Waals surface area contributed by atoms with Crippen LogP contribution in [0.4, 0.5) is 5.69 Å². The number of aryl methyl sites for hydroxylation is 1. The van der Waals surface area contributed by atoms with E-state index >= 15 is 0 Å². The molecule has 2 aromatic carbocycles. The molecule has 0 saturated heterocycles. The van der Waals surface area contributed by atoms with E-state index in [2.05, 4.69) is 5.32 Å². The molecule has 104 valence electrons. The summed E-state index contributed by atoms with van der Waals surface area (Å²) in [5.74, 6) is -0.902. The molecule has 0 spiro atoms. The third-order valence-electron chi connectivity index (χ3n) is 3.12. The second kappa shape index (κ2) is 6.44. The zero-order valence-corrected chi connectivity index (χ0v) is 11.9. The van der Waals surface area contributed by atoms with Gasteiger partial charge in [0.25, 0.3) is 0 Å². The summed E-state index contributed by atoms with van der Waals surface area (Å²) in [6, 6.07) is 12.9. The summed E-state index contributed by atoms with van der Waals surface area (Å²) in [5, 5.41) is 13.0. The molecule has 0 unspecified atom stereocenters. The molecule has 0 atom stereocenters.